The van der Waals surface area contributed by atoms with Gasteiger partial charge in [-0.15, -0.1) is 0 Å². The third-order valence-corrected chi connectivity index (χ3v) is 3.26. The number of carbonyl (C=O) groups excluding carboxylic acids is 1. The molecule has 1 rings (SSSR count). The van der Waals surface area contributed by atoms with Crippen LogP contribution in [0.2, 0.25) is 0 Å². The van der Waals surface area contributed by atoms with Crippen LogP contribution in [0.3, 0.4) is 0 Å². The Hall–Kier alpha value is -0.610. The molecule has 1 aliphatic heterocycles. The van der Waals surface area contributed by atoms with Crippen molar-refractivity contribution >= 4 is 5.91 Å². The van der Waals surface area contributed by atoms with Crippen molar-refractivity contribution < 1.29 is 9.63 Å². The topological polar surface area (TPSA) is 41.6 Å². The molecule has 0 aromatic rings. The number of rotatable bonds is 3. The molecule has 1 amide bonds. The summed E-state index contributed by atoms with van der Waals surface area (Å²) in [6, 6.07) is 0.231. The standard InChI is InChI=1S/C13H26N2O2/c1-7-17-15-12(3,4)8-11(14-10(2)16)9-13(15,5)6/h11H,7-9H2,1-6H3,(H,14,16). The molecule has 1 saturated heterocycles. The maximum absolute atomic E-state index is 11.2. The van der Waals surface area contributed by atoms with Crippen LogP contribution in [0, 0.1) is 0 Å². The lowest BCUT2D eigenvalue weighted by molar-refractivity contribution is -0.281. The second-order valence-electron chi connectivity index (χ2n) is 6.14. The molecule has 0 spiro atoms. The zero-order valence-corrected chi connectivity index (χ0v) is 12.0. The zero-order chi connectivity index (χ0) is 13.3. The van der Waals surface area contributed by atoms with Crippen LogP contribution in [-0.4, -0.2) is 34.7 Å². The molecule has 0 aromatic heterocycles. The van der Waals surface area contributed by atoms with Gasteiger partial charge < -0.3 is 5.32 Å². The highest BCUT2D eigenvalue weighted by Gasteiger charge is 2.46. The lowest BCUT2D eigenvalue weighted by Crippen LogP contribution is -2.63. The molecule has 0 saturated carbocycles. The Bertz CT molecular complexity index is 269. The highest BCUT2D eigenvalue weighted by Crippen LogP contribution is 2.38. The molecule has 100 valence electrons. The van der Waals surface area contributed by atoms with Gasteiger partial charge in [-0.1, -0.05) is 0 Å². The van der Waals surface area contributed by atoms with Crippen molar-refractivity contribution in [3.63, 3.8) is 0 Å². The Kier molecular flexibility index (Phi) is 4.20. The van der Waals surface area contributed by atoms with E-state index < -0.39 is 0 Å². The first kappa shape index (κ1) is 14.5. The third kappa shape index (κ3) is 3.42. The van der Waals surface area contributed by atoms with Crippen molar-refractivity contribution in [1.29, 1.82) is 0 Å². The van der Waals surface area contributed by atoms with Crippen LogP contribution in [0.5, 0.6) is 0 Å². The molecule has 4 heteroatoms. The Balaban J connectivity index is 2.84. The van der Waals surface area contributed by atoms with Crippen molar-refractivity contribution in [2.24, 2.45) is 0 Å². The molecule has 17 heavy (non-hydrogen) atoms. The number of nitrogens with one attached hydrogen (secondary N) is 1. The van der Waals surface area contributed by atoms with Gasteiger partial charge >= 0.3 is 0 Å². The molecule has 0 unspecified atom stereocenters. The van der Waals surface area contributed by atoms with Crippen LogP contribution < -0.4 is 5.32 Å². The monoisotopic (exact) mass is 242 g/mol. The number of hydroxylamine groups is 2. The van der Waals surface area contributed by atoms with E-state index in [2.05, 4.69) is 38.1 Å². The summed E-state index contributed by atoms with van der Waals surface area (Å²) in [5.41, 5.74) is -0.129. The fraction of sp³-hybridized carbons (Fsp3) is 0.923. The number of amides is 1. The highest BCUT2D eigenvalue weighted by molar-refractivity contribution is 5.73. The first-order valence-electron chi connectivity index (χ1n) is 6.39. The molecule has 1 N–H and O–H groups in total. The smallest absolute Gasteiger partial charge is 0.217 e. The van der Waals surface area contributed by atoms with Gasteiger partial charge in [-0.25, -0.2) is 0 Å². The SMILES string of the molecule is CCON1C(C)(C)CC(NC(C)=O)CC1(C)C. The Labute approximate surface area is 105 Å². The molecule has 1 fully saturated rings. The van der Waals surface area contributed by atoms with Gasteiger partial charge in [0.2, 0.25) is 5.91 Å². The third-order valence-electron chi connectivity index (χ3n) is 3.26. The Morgan fingerprint density at radius 3 is 2.12 bits per heavy atom. The van der Waals surface area contributed by atoms with Crippen LogP contribution in [0.1, 0.15) is 54.4 Å². The van der Waals surface area contributed by atoms with Gasteiger partial charge in [-0.2, -0.15) is 5.06 Å². The van der Waals surface area contributed by atoms with Crippen molar-refractivity contribution in [3.8, 4) is 0 Å². The normalized spacial score (nSPS) is 24.6. The summed E-state index contributed by atoms with van der Waals surface area (Å²) >= 11 is 0. The van der Waals surface area contributed by atoms with Crippen molar-refractivity contribution in [3.05, 3.63) is 0 Å². The molecule has 0 bridgehead atoms. The largest absolute Gasteiger partial charge is 0.353 e. The minimum absolute atomic E-state index is 0.0476. The van der Waals surface area contributed by atoms with E-state index in [1.54, 1.807) is 6.92 Å². The molecule has 1 heterocycles. The summed E-state index contributed by atoms with van der Waals surface area (Å²) in [5.74, 6) is 0.0476. The van der Waals surface area contributed by atoms with E-state index in [9.17, 15) is 4.79 Å². The van der Waals surface area contributed by atoms with Crippen LogP contribution >= 0.6 is 0 Å². The van der Waals surface area contributed by atoms with Crippen LogP contribution in [0.4, 0.5) is 0 Å². The Morgan fingerprint density at radius 2 is 1.76 bits per heavy atom. The van der Waals surface area contributed by atoms with E-state index >= 15 is 0 Å². The molecule has 1 aliphatic rings. The molecule has 0 aromatic carbocycles. The number of hydrogen-bond donors (Lipinski definition) is 1. The first-order valence-corrected chi connectivity index (χ1v) is 6.39. The highest BCUT2D eigenvalue weighted by atomic mass is 16.7. The van der Waals surface area contributed by atoms with Crippen LogP contribution in [0.15, 0.2) is 0 Å². The maximum Gasteiger partial charge on any atom is 0.217 e. The zero-order valence-electron chi connectivity index (χ0n) is 12.0. The molecule has 0 aliphatic carbocycles. The van der Waals surface area contributed by atoms with E-state index in [0.717, 1.165) is 12.8 Å². The summed E-state index contributed by atoms with van der Waals surface area (Å²) in [7, 11) is 0. The van der Waals surface area contributed by atoms with Gasteiger partial charge in [-0.3, -0.25) is 9.63 Å². The van der Waals surface area contributed by atoms with Crippen LogP contribution in [0.25, 0.3) is 0 Å². The van der Waals surface area contributed by atoms with Crippen molar-refractivity contribution in [2.45, 2.75) is 71.5 Å². The van der Waals surface area contributed by atoms with Crippen molar-refractivity contribution in [2.75, 3.05) is 6.61 Å². The number of hydrogen-bond acceptors (Lipinski definition) is 3. The van der Waals surface area contributed by atoms with E-state index in [1.807, 2.05) is 6.92 Å². The molecular weight excluding hydrogens is 216 g/mol. The molecule has 4 nitrogen and oxygen atoms in total. The van der Waals surface area contributed by atoms with Gasteiger partial charge in [0.15, 0.2) is 0 Å². The minimum Gasteiger partial charge on any atom is -0.353 e. The average molecular weight is 242 g/mol. The molecule has 0 atom stereocenters. The second-order valence-corrected chi connectivity index (χ2v) is 6.14. The van der Waals surface area contributed by atoms with Gasteiger partial charge in [0, 0.05) is 24.0 Å². The van der Waals surface area contributed by atoms with Crippen molar-refractivity contribution in [1.82, 2.24) is 10.4 Å². The Morgan fingerprint density at radius 1 is 1.29 bits per heavy atom. The molecule has 0 radical (unpaired) electrons. The lowest BCUT2D eigenvalue weighted by Gasteiger charge is -2.53. The summed E-state index contributed by atoms with van der Waals surface area (Å²) < 4.78 is 0. The van der Waals surface area contributed by atoms with Gasteiger partial charge in [-0.05, 0) is 47.5 Å². The summed E-state index contributed by atoms with van der Waals surface area (Å²) in [6.07, 6.45) is 1.83. The molecular formula is C13H26N2O2. The minimum atomic E-state index is -0.0646. The van der Waals surface area contributed by atoms with Gasteiger partial charge in [0.1, 0.15) is 0 Å². The van der Waals surface area contributed by atoms with E-state index in [-0.39, 0.29) is 23.0 Å². The summed E-state index contributed by atoms with van der Waals surface area (Å²) in [6.45, 7) is 12.9. The average Bonchev–Trinajstić information content (AvgIpc) is 2.08. The van der Waals surface area contributed by atoms with Crippen LogP contribution in [-0.2, 0) is 9.63 Å². The predicted octanol–water partition coefficient (Wildman–Crippen LogP) is 2.10. The number of piperidine rings is 1. The number of carbonyl (C=O) groups is 1. The van der Waals surface area contributed by atoms with Gasteiger partial charge in [0.05, 0.1) is 6.61 Å². The number of nitrogens with zero attached hydrogens (tertiary/aromatic N) is 1. The van der Waals surface area contributed by atoms with Gasteiger partial charge in [0.25, 0.3) is 0 Å². The fourth-order valence-corrected chi connectivity index (χ4v) is 3.13. The quantitative estimate of drug-likeness (QED) is 0.824. The first-order chi connectivity index (χ1) is 7.69. The summed E-state index contributed by atoms with van der Waals surface area (Å²) in [4.78, 5) is 17.0. The second kappa shape index (κ2) is 4.94. The van der Waals surface area contributed by atoms with E-state index in [1.165, 1.54) is 0 Å². The fourth-order valence-electron chi connectivity index (χ4n) is 3.13. The lowest BCUT2D eigenvalue weighted by atomic mass is 9.79. The van der Waals surface area contributed by atoms with E-state index in [0.29, 0.717) is 6.61 Å². The predicted molar refractivity (Wildman–Crippen MR) is 68.5 cm³/mol. The maximum atomic E-state index is 11.2. The van der Waals surface area contributed by atoms with E-state index in [4.69, 9.17) is 4.84 Å². The summed E-state index contributed by atoms with van der Waals surface area (Å²) in [5, 5.41) is 5.13.